The van der Waals surface area contributed by atoms with Gasteiger partial charge in [-0.25, -0.2) is 8.78 Å². The molecule has 0 aliphatic heterocycles. The molecule has 0 atom stereocenters. The van der Waals surface area contributed by atoms with Crippen molar-refractivity contribution >= 4 is 33.7 Å². The van der Waals surface area contributed by atoms with E-state index in [9.17, 15) is 23.2 Å². The molecule has 7 heteroatoms. The predicted octanol–water partition coefficient (Wildman–Crippen LogP) is 4.96. The number of nitrogens with zero attached hydrogens (tertiary/aromatic N) is 1. The van der Waals surface area contributed by atoms with Crippen molar-refractivity contribution in [3.05, 3.63) is 88.3 Å². The third-order valence-electron chi connectivity index (χ3n) is 4.47. The van der Waals surface area contributed by atoms with Crippen LogP contribution in [0.15, 0.2) is 60.7 Å². The first-order valence-electron chi connectivity index (χ1n) is 9.22. The van der Waals surface area contributed by atoms with Crippen LogP contribution < -0.4 is 4.90 Å². The summed E-state index contributed by atoms with van der Waals surface area (Å²) in [5, 5.41) is 0.766. The summed E-state index contributed by atoms with van der Waals surface area (Å²) >= 11 is 1.21. The SMILES string of the molecule is CC(=O)C(=O)CC(=O)c1ccc(N(Cc2ccc(F)cc2)Cc2ccc(F)cc2)s1. The number of hydrogen-bond donors (Lipinski definition) is 0. The Morgan fingerprint density at radius 2 is 1.30 bits per heavy atom. The van der Waals surface area contributed by atoms with Gasteiger partial charge >= 0.3 is 0 Å². The van der Waals surface area contributed by atoms with E-state index in [1.54, 1.807) is 36.4 Å². The van der Waals surface area contributed by atoms with Gasteiger partial charge in [-0.05, 0) is 47.5 Å². The van der Waals surface area contributed by atoms with Crippen LogP contribution in [-0.2, 0) is 22.7 Å². The molecule has 0 aliphatic rings. The van der Waals surface area contributed by atoms with Gasteiger partial charge in [-0.3, -0.25) is 14.4 Å². The fraction of sp³-hybridized carbons (Fsp3) is 0.174. The number of thiophene rings is 1. The van der Waals surface area contributed by atoms with Crippen LogP contribution in [0, 0.1) is 11.6 Å². The Balaban J connectivity index is 1.83. The number of anilines is 1. The highest BCUT2D eigenvalue weighted by molar-refractivity contribution is 7.18. The average molecular weight is 427 g/mol. The number of benzene rings is 2. The lowest BCUT2D eigenvalue weighted by Crippen LogP contribution is -2.21. The first-order valence-corrected chi connectivity index (χ1v) is 10.0. The van der Waals surface area contributed by atoms with Gasteiger partial charge in [0.2, 0.25) is 5.78 Å². The molecule has 0 spiro atoms. The van der Waals surface area contributed by atoms with Gasteiger partial charge in [0, 0.05) is 20.0 Å². The minimum Gasteiger partial charge on any atom is -0.355 e. The first-order chi connectivity index (χ1) is 14.3. The van der Waals surface area contributed by atoms with Crippen molar-refractivity contribution in [2.45, 2.75) is 26.4 Å². The molecule has 1 aromatic heterocycles. The molecule has 0 saturated heterocycles. The van der Waals surface area contributed by atoms with E-state index in [2.05, 4.69) is 0 Å². The first kappa shape index (κ1) is 21.5. The second kappa shape index (κ2) is 9.54. The van der Waals surface area contributed by atoms with Gasteiger partial charge in [0.15, 0.2) is 11.6 Å². The van der Waals surface area contributed by atoms with Crippen molar-refractivity contribution in [3.8, 4) is 0 Å². The second-order valence-electron chi connectivity index (χ2n) is 6.83. The Labute approximate surface area is 176 Å². The maximum absolute atomic E-state index is 13.2. The molecular weight excluding hydrogens is 408 g/mol. The van der Waals surface area contributed by atoms with E-state index in [1.165, 1.54) is 35.6 Å². The van der Waals surface area contributed by atoms with Crippen molar-refractivity contribution < 1.29 is 23.2 Å². The number of Topliss-reactive ketones (excluding diaryl/α,β-unsaturated/α-hetero) is 3. The van der Waals surface area contributed by atoms with Crippen LogP contribution in [-0.4, -0.2) is 17.3 Å². The molecule has 0 N–H and O–H groups in total. The fourth-order valence-electron chi connectivity index (χ4n) is 2.84. The maximum atomic E-state index is 13.2. The molecule has 3 aromatic rings. The molecule has 0 aliphatic carbocycles. The molecule has 0 radical (unpaired) electrons. The van der Waals surface area contributed by atoms with Gasteiger partial charge in [-0.2, -0.15) is 0 Å². The highest BCUT2D eigenvalue weighted by Gasteiger charge is 2.19. The van der Waals surface area contributed by atoms with Gasteiger partial charge in [0.25, 0.3) is 0 Å². The number of carbonyl (C=O) groups is 3. The van der Waals surface area contributed by atoms with E-state index in [0.29, 0.717) is 18.0 Å². The largest absolute Gasteiger partial charge is 0.355 e. The number of carbonyl (C=O) groups excluding carboxylic acids is 3. The minimum absolute atomic E-state index is 0.331. The summed E-state index contributed by atoms with van der Waals surface area (Å²) in [5.74, 6) is -2.43. The lowest BCUT2D eigenvalue weighted by molar-refractivity contribution is -0.134. The summed E-state index contributed by atoms with van der Waals surface area (Å²) in [6, 6.07) is 15.6. The Hall–Kier alpha value is -3.19. The molecule has 0 bridgehead atoms. The Kier molecular flexibility index (Phi) is 6.84. The fourth-order valence-corrected chi connectivity index (χ4v) is 3.78. The molecule has 154 valence electrons. The quantitative estimate of drug-likeness (QED) is 0.275. The van der Waals surface area contributed by atoms with Crippen LogP contribution >= 0.6 is 11.3 Å². The number of rotatable bonds is 9. The lowest BCUT2D eigenvalue weighted by Gasteiger charge is -2.23. The van der Waals surface area contributed by atoms with E-state index < -0.39 is 23.8 Å². The van der Waals surface area contributed by atoms with Crippen molar-refractivity contribution in [1.29, 1.82) is 0 Å². The molecule has 0 amide bonds. The van der Waals surface area contributed by atoms with Crippen molar-refractivity contribution in [2.75, 3.05) is 4.90 Å². The summed E-state index contributed by atoms with van der Waals surface area (Å²) in [4.78, 5) is 37.4. The standard InChI is InChI=1S/C23H19F2NO3S/c1-15(27)20(28)12-21(29)22-10-11-23(30-22)26(13-16-2-6-18(24)7-3-16)14-17-4-8-19(25)9-5-17/h2-11H,12-14H2,1H3. The zero-order valence-electron chi connectivity index (χ0n) is 16.2. The Morgan fingerprint density at radius 1 is 0.800 bits per heavy atom. The van der Waals surface area contributed by atoms with Gasteiger partial charge in [-0.15, -0.1) is 11.3 Å². The molecule has 2 aromatic carbocycles. The van der Waals surface area contributed by atoms with Gasteiger partial charge in [-0.1, -0.05) is 24.3 Å². The summed E-state index contributed by atoms with van der Waals surface area (Å²) in [5.41, 5.74) is 1.73. The van der Waals surface area contributed by atoms with E-state index in [-0.39, 0.29) is 11.6 Å². The minimum atomic E-state index is -0.718. The van der Waals surface area contributed by atoms with Crippen LogP contribution in [0.2, 0.25) is 0 Å². The van der Waals surface area contributed by atoms with Gasteiger partial charge in [0.1, 0.15) is 11.6 Å². The van der Waals surface area contributed by atoms with Gasteiger partial charge < -0.3 is 4.90 Å². The van der Waals surface area contributed by atoms with Crippen LogP contribution in [0.1, 0.15) is 34.1 Å². The third kappa shape index (κ3) is 5.67. The van der Waals surface area contributed by atoms with Crippen LogP contribution in [0.3, 0.4) is 0 Å². The van der Waals surface area contributed by atoms with E-state index in [4.69, 9.17) is 0 Å². The predicted molar refractivity (Wildman–Crippen MR) is 112 cm³/mol. The molecule has 3 rings (SSSR count). The zero-order valence-corrected chi connectivity index (χ0v) is 17.0. The van der Waals surface area contributed by atoms with E-state index in [1.807, 2.05) is 4.90 Å². The second-order valence-corrected chi connectivity index (χ2v) is 7.89. The molecule has 0 unspecified atom stereocenters. The van der Waals surface area contributed by atoms with Crippen LogP contribution in [0.25, 0.3) is 0 Å². The summed E-state index contributed by atoms with van der Waals surface area (Å²) in [6.45, 7) is 2.03. The van der Waals surface area contributed by atoms with Crippen molar-refractivity contribution in [3.63, 3.8) is 0 Å². The summed E-state index contributed by atoms with van der Waals surface area (Å²) in [6.07, 6.45) is -0.453. The maximum Gasteiger partial charge on any atom is 0.205 e. The van der Waals surface area contributed by atoms with Crippen molar-refractivity contribution in [2.24, 2.45) is 0 Å². The van der Waals surface area contributed by atoms with Gasteiger partial charge in [0.05, 0.1) is 16.3 Å². The highest BCUT2D eigenvalue weighted by Crippen LogP contribution is 2.30. The van der Waals surface area contributed by atoms with E-state index in [0.717, 1.165) is 23.1 Å². The molecule has 30 heavy (non-hydrogen) atoms. The monoisotopic (exact) mass is 427 g/mol. The summed E-state index contributed by atoms with van der Waals surface area (Å²) < 4.78 is 26.5. The molecule has 4 nitrogen and oxygen atoms in total. The number of ketones is 3. The number of halogens is 2. The lowest BCUT2D eigenvalue weighted by atomic mass is 10.1. The number of hydrogen-bond acceptors (Lipinski definition) is 5. The third-order valence-corrected chi connectivity index (χ3v) is 5.65. The van der Waals surface area contributed by atoms with Crippen LogP contribution in [0.4, 0.5) is 13.8 Å². The normalized spacial score (nSPS) is 10.6. The molecule has 0 saturated carbocycles. The smallest absolute Gasteiger partial charge is 0.205 e. The highest BCUT2D eigenvalue weighted by atomic mass is 32.1. The average Bonchev–Trinajstić information content (AvgIpc) is 3.21. The molecule has 0 fully saturated rings. The topological polar surface area (TPSA) is 54.5 Å². The van der Waals surface area contributed by atoms with Crippen molar-refractivity contribution in [1.82, 2.24) is 0 Å². The Morgan fingerprint density at radius 3 is 1.77 bits per heavy atom. The molecular formula is C23H19F2NO3S. The zero-order chi connectivity index (χ0) is 21.7. The Bertz CT molecular complexity index is 1010. The molecule has 1 heterocycles. The van der Waals surface area contributed by atoms with E-state index >= 15 is 0 Å². The van der Waals surface area contributed by atoms with Crippen LogP contribution in [0.5, 0.6) is 0 Å². The summed E-state index contributed by atoms with van der Waals surface area (Å²) in [7, 11) is 0.